The van der Waals surface area contributed by atoms with E-state index in [2.05, 4.69) is 33.2 Å². The van der Waals surface area contributed by atoms with Gasteiger partial charge in [0, 0.05) is 15.7 Å². The van der Waals surface area contributed by atoms with Gasteiger partial charge in [-0.15, -0.1) is 0 Å². The highest BCUT2D eigenvalue weighted by molar-refractivity contribution is 9.10. The number of thioether (sulfide) groups is 1. The first-order valence-electron chi connectivity index (χ1n) is 8.34. The number of nitrogens with one attached hydrogen (secondary N) is 1. The van der Waals surface area contributed by atoms with Crippen LogP contribution in [-0.2, 0) is 11.2 Å². The first-order valence-corrected chi connectivity index (χ1v) is 10.0. The molecule has 3 rings (SSSR count). The molecule has 0 fully saturated rings. The maximum Gasteiger partial charge on any atom is 0.256 e. The molecule has 0 aliphatic heterocycles. The fourth-order valence-electron chi connectivity index (χ4n) is 2.48. The van der Waals surface area contributed by atoms with Gasteiger partial charge in [0.15, 0.2) is 5.76 Å². The molecule has 0 saturated heterocycles. The van der Waals surface area contributed by atoms with Gasteiger partial charge in [0.25, 0.3) is 5.22 Å². The van der Waals surface area contributed by atoms with Crippen molar-refractivity contribution in [1.82, 2.24) is 4.98 Å². The minimum absolute atomic E-state index is 0.0712. The van der Waals surface area contributed by atoms with Gasteiger partial charge in [-0.25, -0.2) is 4.98 Å². The molecule has 0 saturated carbocycles. The van der Waals surface area contributed by atoms with E-state index in [-0.39, 0.29) is 11.2 Å². The van der Waals surface area contributed by atoms with Crippen LogP contribution in [0.25, 0.3) is 11.3 Å². The average molecular weight is 431 g/mol. The lowest BCUT2D eigenvalue weighted by Crippen LogP contribution is -2.23. The molecule has 0 aliphatic carbocycles. The number of aryl methyl sites for hydroxylation is 1. The number of hydrogen-bond acceptors (Lipinski definition) is 4. The van der Waals surface area contributed by atoms with Crippen LogP contribution in [0.4, 0.5) is 5.69 Å². The summed E-state index contributed by atoms with van der Waals surface area (Å²) in [6.45, 7) is 3.91. The Morgan fingerprint density at radius 1 is 1.27 bits per heavy atom. The molecule has 0 aliphatic rings. The first kappa shape index (κ1) is 18.7. The van der Waals surface area contributed by atoms with E-state index in [1.165, 1.54) is 11.8 Å². The summed E-state index contributed by atoms with van der Waals surface area (Å²) < 4.78 is 6.77. The summed E-state index contributed by atoms with van der Waals surface area (Å²) in [5.74, 6) is 0.607. The predicted octanol–water partition coefficient (Wildman–Crippen LogP) is 5.79. The number of aromatic nitrogens is 1. The van der Waals surface area contributed by atoms with Crippen LogP contribution in [0.5, 0.6) is 0 Å². The fraction of sp³-hybridized carbons (Fsp3) is 0.200. The highest BCUT2D eigenvalue weighted by Crippen LogP contribution is 2.29. The zero-order valence-electron chi connectivity index (χ0n) is 14.5. The second-order valence-corrected chi connectivity index (χ2v) is 7.97. The van der Waals surface area contributed by atoms with E-state index in [1.807, 2.05) is 55.5 Å². The van der Waals surface area contributed by atoms with Crippen molar-refractivity contribution in [1.29, 1.82) is 0 Å². The number of rotatable bonds is 6. The Hall–Kier alpha value is -2.05. The molecular formula is C20H19BrN2O2S. The Morgan fingerprint density at radius 2 is 2.08 bits per heavy atom. The maximum atomic E-state index is 12.5. The van der Waals surface area contributed by atoms with Crippen molar-refractivity contribution in [3.8, 4) is 11.3 Å². The van der Waals surface area contributed by atoms with Crippen LogP contribution in [0, 0.1) is 0 Å². The van der Waals surface area contributed by atoms with Gasteiger partial charge in [0.2, 0.25) is 5.91 Å². The van der Waals surface area contributed by atoms with Crippen LogP contribution < -0.4 is 5.32 Å². The Morgan fingerprint density at radius 3 is 2.85 bits per heavy atom. The average Bonchev–Trinajstić information content (AvgIpc) is 3.10. The Bertz CT molecular complexity index is 910. The van der Waals surface area contributed by atoms with Gasteiger partial charge in [0.05, 0.1) is 11.4 Å². The largest absolute Gasteiger partial charge is 0.431 e. The molecule has 1 atom stereocenters. The SMILES string of the molecule is CCc1ccccc1NC(=O)C(C)Sc1ncc(-c2cccc(Br)c2)o1. The predicted molar refractivity (Wildman–Crippen MR) is 109 cm³/mol. The third-order valence-corrected chi connectivity index (χ3v) is 5.35. The minimum Gasteiger partial charge on any atom is -0.431 e. The van der Waals surface area contributed by atoms with Crippen LogP contribution in [-0.4, -0.2) is 16.1 Å². The second kappa shape index (κ2) is 8.56. The van der Waals surface area contributed by atoms with E-state index in [9.17, 15) is 4.79 Å². The van der Waals surface area contributed by atoms with Crippen molar-refractivity contribution in [2.75, 3.05) is 5.32 Å². The molecule has 4 nitrogen and oxygen atoms in total. The molecule has 1 heterocycles. The highest BCUT2D eigenvalue weighted by atomic mass is 79.9. The number of carbonyl (C=O) groups is 1. The molecule has 0 radical (unpaired) electrons. The van der Waals surface area contributed by atoms with Crippen molar-refractivity contribution < 1.29 is 9.21 Å². The van der Waals surface area contributed by atoms with Crippen LogP contribution in [0.2, 0.25) is 0 Å². The number of hydrogen-bond donors (Lipinski definition) is 1. The molecule has 26 heavy (non-hydrogen) atoms. The van der Waals surface area contributed by atoms with E-state index in [1.54, 1.807) is 6.20 Å². The number of nitrogens with zero attached hydrogens (tertiary/aromatic N) is 1. The van der Waals surface area contributed by atoms with Crippen LogP contribution in [0.1, 0.15) is 19.4 Å². The Balaban J connectivity index is 1.66. The number of anilines is 1. The van der Waals surface area contributed by atoms with E-state index in [0.29, 0.717) is 11.0 Å². The van der Waals surface area contributed by atoms with Gasteiger partial charge in [-0.2, -0.15) is 0 Å². The van der Waals surface area contributed by atoms with Gasteiger partial charge in [0.1, 0.15) is 0 Å². The summed E-state index contributed by atoms with van der Waals surface area (Å²) in [5.41, 5.74) is 2.91. The summed E-state index contributed by atoms with van der Waals surface area (Å²) in [6.07, 6.45) is 2.55. The lowest BCUT2D eigenvalue weighted by atomic mass is 10.1. The molecule has 134 valence electrons. The van der Waals surface area contributed by atoms with Gasteiger partial charge in [-0.05, 0) is 37.1 Å². The lowest BCUT2D eigenvalue weighted by Gasteiger charge is -2.12. The van der Waals surface area contributed by atoms with E-state index < -0.39 is 0 Å². The molecule has 1 unspecified atom stereocenters. The van der Waals surface area contributed by atoms with Crippen LogP contribution in [0.3, 0.4) is 0 Å². The molecular weight excluding hydrogens is 412 g/mol. The monoisotopic (exact) mass is 430 g/mol. The van der Waals surface area contributed by atoms with Gasteiger partial charge in [-0.1, -0.05) is 64.9 Å². The van der Waals surface area contributed by atoms with Crippen LogP contribution in [0.15, 0.2) is 68.8 Å². The van der Waals surface area contributed by atoms with Crippen LogP contribution >= 0.6 is 27.7 Å². The van der Waals surface area contributed by atoms with Crippen molar-refractivity contribution in [3.05, 3.63) is 64.8 Å². The van der Waals surface area contributed by atoms with E-state index >= 15 is 0 Å². The van der Waals surface area contributed by atoms with Gasteiger partial charge in [-0.3, -0.25) is 4.79 Å². The van der Waals surface area contributed by atoms with Crippen molar-refractivity contribution in [2.45, 2.75) is 30.7 Å². The lowest BCUT2D eigenvalue weighted by molar-refractivity contribution is -0.115. The Kier molecular flexibility index (Phi) is 6.16. The van der Waals surface area contributed by atoms with Crippen molar-refractivity contribution in [2.24, 2.45) is 0 Å². The van der Waals surface area contributed by atoms with Crippen molar-refractivity contribution in [3.63, 3.8) is 0 Å². The molecule has 1 amide bonds. The summed E-state index contributed by atoms with van der Waals surface area (Å²) in [7, 11) is 0. The van der Waals surface area contributed by atoms with E-state index in [4.69, 9.17) is 4.42 Å². The number of amides is 1. The first-order chi connectivity index (χ1) is 12.6. The normalized spacial score (nSPS) is 12.0. The zero-order valence-corrected chi connectivity index (χ0v) is 16.9. The number of para-hydroxylation sites is 1. The molecule has 0 spiro atoms. The van der Waals surface area contributed by atoms with Gasteiger partial charge < -0.3 is 9.73 Å². The number of halogens is 1. The molecule has 3 aromatic rings. The topological polar surface area (TPSA) is 55.1 Å². The molecule has 2 aromatic carbocycles. The minimum atomic E-state index is -0.325. The summed E-state index contributed by atoms with van der Waals surface area (Å²) in [4.78, 5) is 16.8. The quantitative estimate of drug-likeness (QED) is 0.503. The molecule has 1 N–H and O–H groups in total. The number of oxazole rings is 1. The third-order valence-electron chi connectivity index (χ3n) is 3.90. The summed E-state index contributed by atoms with van der Waals surface area (Å²) >= 11 is 4.75. The highest BCUT2D eigenvalue weighted by Gasteiger charge is 2.19. The summed E-state index contributed by atoms with van der Waals surface area (Å²) in [5, 5.41) is 3.15. The number of benzene rings is 2. The molecule has 1 aromatic heterocycles. The fourth-order valence-corrected chi connectivity index (χ4v) is 3.60. The summed E-state index contributed by atoms with van der Waals surface area (Å²) in [6, 6.07) is 15.7. The maximum absolute atomic E-state index is 12.5. The zero-order chi connectivity index (χ0) is 18.5. The van der Waals surface area contributed by atoms with E-state index in [0.717, 1.165) is 27.7 Å². The smallest absolute Gasteiger partial charge is 0.256 e. The molecule has 6 heteroatoms. The van der Waals surface area contributed by atoms with Crippen molar-refractivity contribution >= 4 is 39.3 Å². The second-order valence-electron chi connectivity index (χ2n) is 5.76. The Labute approximate surface area is 165 Å². The molecule has 0 bridgehead atoms. The van der Waals surface area contributed by atoms with Gasteiger partial charge >= 0.3 is 0 Å². The standard InChI is InChI=1S/C20H19BrN2O2S/c1-3-14-7-4-5-10-17(14)23-19(24)13(2)26-20-22-12-18(25-20)15-8-6-9-16(21)11-15/h4-13H,3H2,1-2H3,(H,23,24). The number of carbonyl (C=O) groups excluding carboxylic acids is 1. The third kappa shape index (κ3) is 4.56.